The van der Waals surface area contributed by atoms with Gasteiger partial charge in [0.25, 0.3) is 0 Å². The maximum Gasteiger partial charge on any atom is 0.129 e. The summed E-state index contributed by atoms with van der Waals surface area (Å²) in [5, 5.41) is 3.37. The summed E-state index contributed by atoms with van der Waals surface area (Å²) in [6, 6.07) is 2.35. The van der Waals surface area contributed by atoms with Crippen molar-refractivity contribution in [3.05, 3.63) is 17.8 Å². The second-order valence-electron chi connectivity index (χ2n) is 4.11. The van der Waals surface area contributed by atoms with Crippen LogP contribution in [0.5, 0.6) is 0 Å². The maximum atomic E-state index is 5.63. The van der Waals surface area contributed by atoms with Gasteiger partial charge in [0.15, 0.2) is 0 Å². The molecule has 0 radical (unpaired) electrons. The Morgan fingerprint density at radius 2 is 2.00 bits per heavy atom. The van der Waals surface area contributed by atoms with E-state index in [1.165, 1.54) is 0 Å². The topological polar surface area (TPSA) is 50.9 Å². The Morgan fingerprint density at radius 1 is 1.36 bits per heavy atom. The minimum Gasteiger partial charge on any atom is -0.397 e. The summed E-state index contributed by atoms with van der Waals surface area (Å²) in [6.07, 6.45) is 1.68. The lowest BCUT2D eigenvalue weighted by molar-refractivity contribution is 0.558. The fourth-order valence-electron chi connectivity index (χ4n) is 1.13. The van der Waals surface area contributed by atoms with Gasteiger partial charge in [0.05, 0.1) is 11.9 Å². The first-order chi connectivity index (χ1) is 6.50. The normalized spacial score (nSPS) is 12.9. The van der Waals surface area contributed by atoms with Crippen LogP contribution in [0, 0.1) is 12.8 Å². The van der Waals surface area contributed by atoms with Crippen molar-refractivity contribution in [1.29, 1.82) is 0 Å². The lowest BCUT2D eigenvalue weighted by Crippen LogP contribution is -2.22. The van der Waals surface area contributed by atoms with E-state index in [2.05, 4.69) is 31.1 Å². The summed E-state index contributed by atoms with van der Waals surface area (Å²) in [6.45, 7) is 8.54. The van der Waals surface area contributed by atoms with Crippen LogP contribution in [-0.4, -0.2) is 11.0 Å². The molecule has 0 amide bonds. The Labute approximate surface area is 85.7 Å². The molecule has 3 nitrogen and oxygen atoms in total. The Balaban J connectivity index is 2.77. The molecule has 0 aliphatic heterocycles. The lowest BCUT2D eigenvalue weighted by Gasteiger charge is -2.19. The SMILES string of the molecule is Cc1cc(N)cnc1NC(C)C(C)C. The fourth-order valence-corrected chi connectivity index (χ4v) is 1.13. The monoisotopic (exact) mass is 193 g/mol. The van der Waals surface area contributed by atoms with Crippen molar-refractivity contribution >= 4 is 11.5 Å². The van der Waals surface area contributed by atoms with Gasteiger partial charge in [0.2, 0.25) is 0 Å². The molecule has 1 aromatic rings. The Bertz CT molecular complexity index is 307. The Morgan fingerprint density at radius 3 is 2.50 bits per heavy atom. The van der Waals surface area contributed by atoms with Crippen LogP contribution in [0.2, 0.25) is 0 Å². The van der Waals surface area contributed by atoms with Crippen LogP contribution in [0.1, 0.15) is 26.3 Å². The summed E-state index contributed by atoms with van der Waals surface area (Å²) in [5.41, 5.74) is 7.44. The smallest absolute Gasteiger partial charge is 0.129 e. The largest absolute Gasteiger partial charge is 0.397 e. The van der Waals surface area contributed by atoms with E-state index in [-0.39, 0.29) is 0 Å². The van der Waals surface area contributed by atoms with Gasteiger partial charge in [-0.05, 0) is 31.4 Å². The lowest BCUT2D eigenvalue weighted by atomic mass is 10.1. The van der Waals surface area contributed by atoms with Crippen molar-refractivity contribution in [3.63, 3.8) is 0 Å². The highest BCUT2D eigenvalue weighted by Crippen LogP contribution is 2.16. The Hall–Kier alpha value is -1.25. The average Bonchev–Trinajstić information content (AvgIpc) is 2.09. The van der Waals surface area contributed by atoms with Crippen molar-refractivity contribution in [1.82, 2.24) is 4.98 Å². The van der Waals surface area contributed by atoms with Gasteiger partial charge >= 0.3 is 0 Å². The summed E-state index contributed by atoms with van der Waals surface area (Å²) < 4.78 is 0. The third kappa shape index (κ3) is 2.62. The molecule has 0 fully saturated rings. The molecule has 1 unspecified atom stereocenters. The molecular formula is C11H19N3. The number of nitrogens with two attached hydrogens (primary N) is 1. The molecule has 0 saturated heterocycles. The third-order valence-electron chi connectivity index (χ3n) is 2.46. The number of rotatable bonds is 3. The number of nitrogens with zero attached hydrogens (tertiary/aromatic N) is 1. The van der Waals surface area contributed by atoms with Gasteiger partial charge in [-0.3, -0.25) is 0 Å². The van der Waals surface area contributed by atoms with E-state index in [9.17, 15) is 0 Å². The third-order valence-corrected chi connectivity index (χ3v) is 2.46. The van der Waals surface area contributed by atoms with Gasteiger partial charge in [0, 0.05) is 6.04 Å². The molecule has 3 N–H and O–H groups in total. The standard InChI is InChI=1S/C11H19N3/c1-7(2)9(4)14-11-8(3)5-10(12)6-13-11/h5-7,9H,12H2,1-4H3,(H,13,14). The molecule has 0 bridgehead atoms. The van der Waals surface area contributed by atoms with Gasteiger partial charge in [-0.15, -0.1) is 0 Å². The summed E-state index contributed by atoms with van der Waals surface area (Å²) in [5.74, 6) is 1.52. The maximum absolute atomic E-state index is 5.63. The number of aryl methyl sites for hydroxylation is 1. The number of anilines is 2. The van der Waals surface area contributed by atoms with E-state index in [0.29, 0.717) is 17.6 Å². The molecule has 0 aromatic carbocycles. The first kappa shape index (κ1) is 10.8. The van der Waals surface area contributed by atoms with Crippen LogP contribution in [-0.2, 0) is 0 Å². The molecule has 0 aliphatic carbocycles. The number of hydrogen-bond donors (Lipinski definition) is 2. The first-order valence-electron chi connectivity index (χ1n) is 4.99. The van der Waals surface area contributed by atoms with Crippen LogP contribution in [0.15, 0.2) is 12.3 Å². The highest BCUT2D eigenvalue weighted by molar-refractivity contribution is 5.51. The molecule has 1 aromatic heterocycles. The number of nitrogen functional groups attached to an aromatic ring is 1. The minimum absolute atomic E-state index is 0.421. The van der Waals surface area contributed by atoms with Crippen LogP contribution < -0.4 is 11.1 Å². The highest BCUT2D eigenvalue weighted by atomic mass is 15.0. The number of nitrogens with one attached hydrogen (secondary N) is 1. The predicted octanol–water partition coefficient (Wildman–Crippen LogP) is 2.43. The van der Waals surface area contributed by atoms with E-state index in [1.807, 2.05) is 13.0 Å². The zero-order valence-electron chi connectivity index (χ0n) is 9.33. The first-order valence-corrected chi connectivity index (χ1v) is 4.99. The van der Waals surface area contributed by atoms with Crippen molar-refractivity contribution < 1.29 is 0 Å². The van der Waals surface area contributed by atoms with Gasteiger partial charge in [0.1, 0.15) is 5.82 Å². The van der Waals surface area contributed by atoms with E-state index in [4.69, 9.17) is 5.73 Å². The second kappa shape index (κ2) is 4.31. The van der Waals surface area contributed by atoms with Crippen molar-refractivity contribution in [2.45, 2.75) is 33.7 Å². The number of pyridine rings is 1. The molecule has 1 atom stereocenters. The quantitative estimate of drug-likeness (QED) is 0.775. The molecule has 78 valence electrons. The van der Waals surface area contributed by atoms with Crippen molar-refractivity contribution in [2.75, 3.05) is 11.1 Å². The molecule has 3 heteroatoms. The summed E-state index contributed by atoms with van der Waals surface area (Å²) >= 11 is 0. The molecule has 0 aliphatic rings. The van der Waals surface area contributed by atoms with Crippen molar-refractivity contribution in [3.8, 4) is 0 Å². The van der Waals surface area contributed by atoms with Crippen molar-refractivity contribution in [2.24, 2.45) is 5.92 Å². The predicted molar refractivity (Wildman–Crippen MR) is 61.3 cm³/mol. The van der Waals surface area contributed by atoms with E-state index in [0.717, 1.165) is 11.4 Å². The minimum atomic E-state index is 0.421. The van der Waals surface area contributed by atoms with E-state index >= 15 is 0 Å². The Kier molecular flexibility index (Phi) is 3.33. The molecule has 0 saturated carbocycles. The molecular weight excluding hydrogens is 174 g/mol. The second-order valence-corrected chi connectivity index (χ2v) is 4.11. The molecule has 14 heavy (non-hydrogen) atoms. The zero-order chi connectivity index (χ0) is 10.7. The van der Waals surface area contributed by atoms with Gasteiger partial charge < -0.3 is 11.1 Å². The zero-order valence-corrected chi connectivity index (χ0v) is 9.33. The van der Waals surface area contributed by atoms with E-state index in [1.54, 1.807) is 6.20 Å². The molecule has 0 spiro atoms. The van der Waals surface area contributed by atoms with Crippen LogP contribution in [0.25, 0.3) is 0 Å². The van der Waals surface area contributed by atoms with Crippen LogP contribution in [0.3, 0.4) is 0 Å². The molecule has 1 heterocycles. The molecule has 1 rings (SSSR count). The van der Waals surface area contributed by atoms with Crippen LogP contribution in [0.4, 0.5) is 11.5 Å². The van der Waals surface area contributed by atoms with Gasteiger partial charge in [-0.1, -0.05) is 13.8 Å². The fraction of sp³-hybridized carbons (Fsp3) is 0.545. The van der Waals surface area contributed by atoms with Crippen LogP contribution >= 0.6 is 0 Å². The van der Waals surface area contributed by atoms with Gasteiger partial charge in [-0.2, -0.15) is 0 Å². The van der Waals surface area contributed by atoms with E-state index < -0.39 is 0 Å². The highest BCUT2D eigenvalue weighted by Gasteiger charge is 2.08. The number of aromatic nitrogens is 1. The van der Waals surface area contributed by atoms with Gasteiger partial charge in [-0.25, -0.2) is 4.98 Å². The number of hydrogen-bond acceptors (Lipinski definition) is 3. The summed E-state index contributed by atoms with van der Waals surface area (Å²) in [7, 11) is 0. The summed E-state index contributed by atoms with van der Waals surface area (Å²) in [4.78, 5) is 4.26. The average molecular weight is 193 g/mol.